The highest BCUT2D eigenvalue weighted by atomic mass is 19.2. The zero-order chi connectivity index (χ0) is 8.48. The first-order valence-corrected chi connectivity index (χ1v) is 2.55. The molecule has 0 aromatic rings. The lowest BCUT2D eigenvalue weighted by molar-refractivity contribution is -0.0242. The molecule has 1 heterocycles. The van der Waals surface area contributed by atoms with Gasteiger partial charge in [-0.2, -0.15) is 4.39 Å². The molecule has 1 aliphatic rings. The molecule has 0 aromatic heterocycles. The van der Waals surface area contributed by atoms with Crippen LogP contribution in [-0.2, 0) is 9.47 Å². The lowest BCUT2D eigenvalue weighted by Crippen LogP contribution is -2.30. The van der Waals surface area contributed by atoms with E-state index in [9.17, 15) is 9.18 Å². The molecule has 2 atom stereocenters. The van der Waals surface area contributed by atoms with Gasteiger partial charge in [0.05, 0.1) is 0 Å². The predicted octanol–water partition coefficient (Wildman–Crippen LogP) is 0.698. The average molecular weight is 155 g/mol. The van der Waals surface area contributed by atoms with Crippen LogP contribution in [0, 0.1) is 18.9 Å². The zero-order valence-corrected chi connectivity index (χ0v) is 5.20. The van der Waals surface area contributed by atoms with Crippen molar-refractivity contribution < 1.29 is 18.7 Å². The van der Waals surface area contributed by atoms with E-state index in [2.05, 4.69) is 20.7 Å². The highest BCUT2D eigenvalue weighted by Gasteiger charge is 2.57. The van der Waals surface area contributed by atoms with E-state index in [1.807, 2.05) is 0 Å². The molecule has 5 heteroatoms. The molecule has 0 spiro atoms. The van der Waals surface area contributed by atoms with Crippen LogP contribution in [0.25, 0.3) is 4.85 Å². The van der Waals surface area contributed by atoms with Gasteiger partial charge in [-0.25, -0.2) is 11.4 Å². The summed E-state index contributed by atoms with van der Waals surface area (Å²) in [6.45, 7) is 6.38. The largest absolute Gasteiger partial charge is 0.518 e. The molecule has 2 unspecified atom stereocenters. The van der Waals surface area contributed by atoms with E-state index in [4.69, 9.17) is 6.57 Å². The molecule has 0 aromatic carbocycles. The number of halogens is 1. The highest BCUT2D eigenvalue weighted by molar-refractivity contribution is 5.64. The van der Waals surface area contributed by atoms with Crippen LogP contribution < -0.4 is 0 Å². The minimum atomic E-state index is -2.72. The van der Waals surface area contributed by atoms with Crippen molar-refractivity contribution in [3.8, 4) is 12.3 Å². The highest BCUT2D eigenvalue weighted by Crippen LogP contribution is 2.28. The SMILES string of the molecule is [C-]#[N+]C1OC(=O)OC1(F)C#C. The molecule has 0 bridgehead atoms. The summed E-state index contributed by atoms with van der Waals surface area (Å²) in [6.07, 6.45) is 1.73. The Morgan fingerprint density at radius 1 is 1.91 bits per heavy atom. The van der Waals surface area contributed by atoms with E-state index < -0.39 is 18.2 Å². The molecular weight excluding hydrogens is 153 g/mol. The van der Waals surface area contributed by atoms with Gasteiger partial charge in [0.25, 0.3) is 0 Å². The molecular formula is C6H2FNO3. The van der Waals surface area contributed by atoms with Gasteiger partial charge in [0.1, 0.15) is 0 Å². The Balaban J connectivity index is 2.93. The number of carbonyl (C=O) groups excluding carboxylic acids is 1. The lowest BCUT2D eigenvalue weighted by Gasteiger charge is -2.04. The molecule has 11 heavy (non-hydrogen) atoms. The Labute approximate surface area is 61.7 Å². The van der Waals surface area contributed by atoms with Gasteiger partial charge in [0.2, 0.25) is 0 Å². The topological polar surface area (TPSA) is 39.9 Å². The Morgan fingerprint density at radius 3 is 2.91 bits per heavy atom. The van der Waals surface area contributed by atoms with Gasteiger partial charge in [0, 0.05) is 0 Å². The molecule has 0 amide bonds. The molecule has 0 radical (unpaired) electrons. The van der Waals surface area contributed by atoms with Crippen LogP contribution in [-0.4, -0.2) is 18.2 Å². The Bertz CT molecular complexity index is 277. The van der Waals surface area contributed by atoms with E-state index in [1.54, 1.807) is 0 Å². The van der Waals surface area contributed by atoms with E-state index in [0.717, 1.165) is 0 Å². The van der Waals surface area contributed by atoms with Gasteiger partial charge in [-0.3, -0.25) is 4.85 Å². The van der Waals surface area contributed by atoms with E-state index in [-0.39, 0.29) is 0 Å². The number of nitrogens with zero attached hydrogens (tertiary/aromatic N) is 1. The van der Waals surface area contributed by atoms with Crippen LogP contribution in [0.5, 0.6) is 0 Å². The fraction of sp³-hybridized carbons (Fsp3) is 0.333. The first kappa shape index (κ1) is 7.36. The minimum Gasteiger partial charge on any atom is -0.374 e. The van der Waals surface area contributed by atoms with Crippen LogP contribution in [0.3, 0.4) is 0 Å². The molecule has 1 saturated heterocycles. The van der Waals surface area contributed by atoms with Gasteiger partial charge in [-0.1, -0.05) is 0 Å². The van der Waals surface area contributed by atoms with E-state index in [1.165, 1.54) is 5.92 Å². The monoisotopic (exact) mass is 155 g/mol. The van der Waals surface area contributed by atoms with Gasteiger partial charge in [0.15, 0.2) is 0 Å². The number of cyclic esters (lactones) is 2. The maximum atomic E-state index is 12.9. The van der Waals surface area contributed by atoms with Crippen LogP contribution in [0.1, 0.15) is 0 Å². The summed E-state index contributed by atoms with van der Waals surface area (Å²) in [6, 6.07) is 0. The van der Waals surface area contributed by atoms with Crippen molar-refractivity contribution in [1.82, 2.24) is 0 Å². The average Bonchev–Trinajstić information content (AvgIpc) is 2.27. The number of hydrogen-bond acceptors (Lipinski definition) is 3. The quantitative estimate of drug-likeness (QED) is 0.293. The smallest absolute Gasteiger partial charge is 0.374 e. The van der Waals surface area contributed by atoms with E-state index in [0.29, 0.717) is 0 Å². The molecule has 0 saturated carbocycles. The summed E-state index contributed by atoms with van der Waals surface area (Å²) < 4.78 is 20.9. The summed E-state index contributed by atoms with van der Waals surface area (Å²) in [5.74, 6) is -1.20. The van der Waals surface area contributed by atoms with Gasteiger partial charge < -0.3 is 9.47 Å². The van der Waals surface area contributed by atoms with Crippen molar-refractivity contribution >= 4 is 6.16 Å². The Hall–Kier alpha value is -1.75. The Morgan fingerprint density at radius 2 is 2.55 bits per heavy atom. The molecule has 1 aliphatic heterocycles. The van der Waals surface area contributed by atoms with Crippen LogP contribution in [0.2, 0.25) is 0 Å². The van der Waals surface area contributed by atoms with Crippen molar-refractivity contribution in [2.24, 2.45) is 0 Å². The molecule has 0 N–H and O–H groups in total. The third-order valence-electron chi connectivity index (χ3n) is 1.07. The minimum absolute atomic E-state index is 1.26. The predicted molar refractivity (Wildman–Crippen MR) is 30.6 cm³/mol. The summed E-state index contributed by atoms with van der Waals surface area (Å²) in [7, 11) is 0. The van der Waals surface area contributed by atoms with Crippen molar-refractivity contribution in [3.63, 3.8) is 0 Å². The molecule has 0 aliphatic carbocycles. The number of ether oxygens (including phenoxy) is 2. The van der Waals surface area contributed by atoms with Gasteiger partial charge in [-0.05, 0) is 5.92 Å². The van der Waals surface area contributed by atoms with Gasteiger partial charge in [-0.15, -0.1) is 6.42 Å². The number of carbonyl (C=O) groups is 1. The third kappa shape index (κ3) is 0.968. The fourth-order valence-electron chi connectivity index (χ4n) is 0.573. The second-order valence-electron chi connectivity index (χ2n) is 1.74. The standard InChI is InChI=1S/C6H2FNO3/c1-3-6(7)4(8-2)10-5(9)11-6/h1,4H. The second kappa shape index (κ2) is 2.14. The number of rotatable bonds is 0. The van der Waals surface area contributed by atoms with Crippen molar-refractivity contribution in [3.05, 3.63) is 11.4 Å². The van der Waals surface area contributed by atoms with Crippen LogP contribution in [0.15, 0.2) is 0 Å². The summed E-state index contributed by atoms with van der Waals surface area (Å²) in [5, 5.41) is 0. The number of hydrogen-bond donors (Lipinski definition) is 0. The maximum absolute atomic E-state index is 12.9. The lowest BCUT2D eigenvalue weighted by atomic mass is 10.3. The molecule has 56 valence electrons. The first-order valence-electron chi connectivity index (χ1n) is 2.55. The van der Waals surface area contributed by atoms with E-state index >= 15 is 0 Å². The summed E-state index contributed by atoms with van der Waals surface area (Å²) >= 11 is 0. The maximum Gasteiger partial charge on any atom is 0.518 e. The normalized spacial score (nSPS) is 34.8. The van der Waals surface area contributed by atoms with Crippen LogP contribution >= 0.6 is 0 Å². The molecule has 4 nitrogen and oxygen atoms in total. The summed E-state index contributed by atoms with van der Waals surface area (Å²) in [4.78, 5) is 12.9. The summed E-state index contributed by atoms with van der Waals surface area (Å²) in [5.41, 5.74) is 0. The second-order valence-corrected chi connectivity index (χ2v) is 1.74. The number of alkyl halides is 1. The van der Waals surface area contributed by atoms with Crippen molar-refractivity contribution in [2.75, 3.05) is 0 Å². The first-order chi connectivity index (χ1) is 5.12. The van der Waals surface area contributed by atoms with Crippen LogP contribution in [0.4, 0.5) is 9.18 Å². The van der Waals surface area contributed by atoms with Crippen molar-refractivity contribution in [1.29, 1.82) is 0 Å². The third-order valence-corrected chi connectivity index (χ3v) is 1.07. The Kier molecular flexibility index (Phi) is 1.43. The molecule has 1 rings (SSSR count). The van der Waals surface area contributed by atoms with Crippen molar-refractivity contribution in [2.45, 2.75) is 12.1 Å². The molecule has 1 fully saturated rings. The van der Waals surface area contributed by atoms with Gasteiger partial charge >= 0.3 is 18.2 Å². The fourth-order valence-corrected chi connectivity index (χ4v) is 0.573. The zero-order valence-electron chi connectivity index (χ0n) is 5.20. The number of terminal acetylenes is 1.